The zero-order valence-electron chi connectivity index (χ0n) is 9.13. The Hall–Kier alpha value is -0.760. The minimum absolute atomic E-state index is 0.442. The van der Waals surface area contributed by atoms with Gasteiger partial charge in [-0.25, -0.2) is 4.98 Å². The number of halogens is 1. The van der Waals surface area contributed by atoms with E-state index in [1.807, 2.05) is 13.0 Å². The molecule has 1 heterocycles. The average molecular weight is 213 g/mol. The first kappa shape index (κ1) is 11.3. The predicted octanol–water partition coefficient (Wildman–Crippen LogP) is 3.50. The van der Waals surface area contributed by atoms with E-state index in [9.17, 15) is 0 Å². The lowest BCUT2D eigenvalue weighted by molar-refractivity contribution is 0.560. The van der Waals surface area contributed by atoms with Gasteiger partial charge in [0, 0.05) is 6.04 Å². The molecular formula is C11H17ClN2. The van der Waals surface area contributed by atoms with E-state index in [0.717, 1.165) is 11.3 Å². The SMILES string of the molecule is Cc1cc(NC(C)C(C)C)cnc1Cl. The summed E-state index contributed by atoms with van der Waals surface area (Å²) in [4.78, 5) is 4.09. The molecule has 1 atom stereocenters. The highest BCUT2D eigenvalue weighted by molar-refractivity contribution is 6.30. The zero-order valence-corrected chi connectivity index (χ0v) is 9.89. The third-order valence-corrected chi connectivity index (χ3v) is 2.80. The van der Waals surface area contributed by atoms with Crippen molar-refractivity contribution < 1.29 is 0 Å². The van der Waals surface area contributed by atoms with Gasteiger partial charge in [-0.05, 0) is 31.4 Å². The molecule has 0 aliphatic heterocycles. The van der Waals surface area contributed by atoms with Crippen molar-refractivity contribution in [1.29, 1.82) is 0 Å². The quantitative estimate of drug-likeness (QED) is 0.776. The molecule has 0 saturated heterocycles. The summed E-state index contributed by atoms with van der Waals surface area (Å²) in [6, 6.07) is 2.46. The molecule has 3 heteroatoms. The highest BCUT2D eigenvalue weighted by Gasteiger charge is 2.07. The van der Waals surface area contributed by atoms with Crippen molar-refractivity contribution in [3.8, 4) is 0 Å². The summed E-state index contributed by atoms with van der Waals surface area (Å²) < 4.78 is 0. The summed E-state index contributed by atoms with van der Waals surface area (Å²) in [5.41, 5.74) is 2.04. The minimum Gasteiger partial charge on any atom is -0.381 e. The molecule has 0 aromatic carbocycles. The molecule has 0 fully saturated rings. The lowest BCUT2D eigenvalue weighted by atomic mass is 10.1. The first-order valence-electron chi connectivity index (χ1n) is 4.89. The number of aromatic nitrogens is 1. The van der Waals surface area contributed by atoms with E-state index < -0.39 is 0 Å². The smallest absolute Gasteiger partial charge is 0.132 e. The lowest BCUT2D eigenvalue weighted by Gasteiger charge is -2.18. The maximum Gasteiger partial charge on any atom is 0.132 e. The van der Waals surface area contributed by atoms with E-state index in [1.54, 1.807) is 6.20 Å². The van der Waals surface area contributed by atoms with E-state index in [2.05, 4.69) is 31.1 Å². The average Bonchev–Trinajstić information content (AvgIpc) is 2.11. The highest BCUT2D eigenvalue weighted by Crippen LogP contribution is 2.17. The number of pyridine rings is 1. The van der Waals surface area contributed by atoms with Crippen molar-refractivity contribution in [2.45, 2.75) is 33.7 Å². The first-order chi connectivity index (χ1) is 6.50. The fourth-order valence-corrected chi connectivity index (χ4v) is 1.17. The van der Waals surface area contributed by atoms with Crippen LogP contribution in [0.4, 0.5) is 5.69 Å². The maximum absolute atomic E-state index is 5.84. The van der Waals surface area contributed by atoms with Gasteiger partial charge in [-0.1, -0.05) is 25.4 Å². The van der Waals surface area contributed by atoms with E-state index in [4.69, 9.17) is 11.6 Å². The van der Waals surface area contributed by atoms with Gasteiger partial charge in [0.25, 0.3) is 0 Å². The Morgan fingerprint density at radius 2 is 2.00 bits per heavy atom. The van der Waals surface area contributed by atoms with Crippen LogP contribution in [-0.4, -0.2) is 11.0 Å². The topological polar surface area (TPSA) is 24.9 Å². The Morgan fingerprint density at radius 3 is 2.50 bits per heavy atom. The van der Waals surface area contributed by atoms with E-state index in [1.165, 1.54) is 0 Å². The fraction of sp³-hybridized carbons (Fsp3) is 0.545. The highest BCUT2D eigenvalue weighted by atomic mass is 35.5. The van der Waals surface area contributed by atoms with Crippen LogP contribution < -0.4 is 5.32 Å². The number of nitrogens with one attached hydrogen (secondary N) is 1. The van der Waals surface area contributed by atoms with Gasteiger partial charge in [0.2, 0.25) is 0 Å². The van der Waals surface area contributed by atoms with Gasteiger partial charge < -0.3 is 5.32 Å². The second-order valence-electron chi connectivity index (χ2n) is 4.01. The molecule has 1 rings (SSSR count). The van der Waals surface area contributed by atoms with Crippen molar-refractivity contribution in [3.63, 3.8) is 0 Å². The number of anilines is 1. The molecule has 1 aromatic rings. The summed E-state index contributed by atoms with van der Waals surface area (Å²) in [7, 11) is 0. The molecule has 0 amide bonds. The van der Waals surface area contributed by atoms with Crippen LogP contribution in [0.2, 0.25) is 5.15 Å². The third-order valence-electron chi connectivity index (χ3n) is 2.41. The van der Waals surface area contributed by atoms with Crippen LogP contribution >= 0.6 is 11.6 Å². The molecule has 1 aromatic heterocycles. The Labute approximate surface area is 90.7 Å². The van der Waals surface area contributed by atoms with Crippen molar-refractivity contribution in [2.24, 2.45) is 5.92 Å². The first-order valence-corrected chi connectivity index (χ1v) is 5.27. The van der Waals surface area contributed by atoms with E-state index >= 15 is 0 Å². The van der Waals surface area contributed by atoms with Crippen LogP contribution in [0.25, 0.3) is 0 Å². The maximum atomic E-state index is 5.84. The van der Waals surface area contributed by atoms with Crippen LogP contribution in [0, 0.1) is 12.8 Å². The minimum atomic E-state index is 0.442. The van der Waals surface area contributed by atoms with Crippen LogP contribution in [0.3, 0.4) is 0 Å². The van der Waals surface area contributed by atoms with Gasteiger partial charge in [0.1, 0.15) is 5.15 Å². The molecule has 0 bridgehead atoms. The van der Waals surface area contributed by atoms with Crippen molar-refractivity contribution in [3.05, 3.63) is 23.0 Å². The van der Waals surface area contributed by atoms with Crippen LogP contribution in [0.5, 0.6) is 0 Å². The number of aryl methyl sites for hydroxylation is 1. The van der Waals surface area contributed by atoms with Crippen molar-refractivity contribution >= 4 is 17.3 Å². The standard InChI is InChI=1S/C11H17ClN2/c1-7(2)9(4)14-10-5-8(3)11(12)13-6-10/h5-7,9,14H,1-4H3. The second-order valence-corrected chi connectivity index (χ2v) is 4.37. The molecule has 14 heavy (non-hydrogen) atoms. The van der Waals surface area contributed by atoms with Gasteiger partial charge in [-0.3, -0.25) is 0 Å². The molecule has 0 saturated carbocycles. The van der Waals surface area contributed by atoms with Gasteiger partial charge in [0.05, 0.1) is 11.9 Å². The van der Waals surface area contributed by atoms with Gasteiger partial charge in [0.15, 0.2) is 0 Å². The molecule has 2 nitrogen and oxygen atoms in total. The van der Waals surface area contributed by atoms with Crippen LogP contribution in [0.15, 0.2) is 12.3 Å². The summed E-state index contributed by atoms with van der Waals surface area (Å²) in [5.74, 6) is 0.603. The Bertz CT molecular complexity index is 310. The summed E-state index contributed by atoms with van der Waals surface area (Å²) in [6.45, 7) is 8.50. The Morgan fingerprint density at radius 1 is 1.36 bits per heavy atom. The summed E-state index contributed by atoms with van der Waals surface area (Å²) in [5, 5.41) is 3.96. The molecule has 0 aliphatic rings. The number of hydrogen-bond acceptors (Lipinski definition) is 2. The van der Waals surface area contributed by atoms with Crippen LogP contribution in [-0.2, 0) is 0 Å². The molecule has 0 aliphatic carbocycles. The number of rotatable bonds is 3. The molecule has 78 valence electrons. The van der Waals surface area contributed by atoms with E-state index in [-0.39, 0.29) is 0 Å². The van der Waals surface area contributed by atoms with Gasteiger partial charge in [-0.2, -0.15) is 0 Å². The number of hydrogen-bond donors (Lipinski definition) is 1. The van der Waals surface area contributed by atoms with Gasteiger partial charge >= 0.3 is 0 Å². The normalized spacial score (nSPS) is 13.0. The largest absolute Gasteiger partial charge is 0.381 e. The molecule has 0 spiro atoms. The van der Waals surface area contributed by atoms with Crippen molar-refractivity contribution in [1.82, 2.24) is 4.98 Å². The van der Waals surface area contributed by atoms with E-state index in [0.29, 0.717) is 17.1 Å². The fourth-order valence-electron chi connectivity index (χ4n) is 1.07. The lowest BCUT2D eigenvalue weighted by Crippen LogP contribution is -2.21. The summed E-state index contributed by atoms with van der Waals surface area (Å²) in [6.07, 6.45) is 1.77. The zero-order chi connectivity index (χ0) is 10.7. The number of nitrogens with zero attached hydrogens (tertiary/aromatic N) is 1. The summed E-state index contributed by atoms with van der Waals surface area (Å²) >= 11 is 5.84. The molecule has 1 unspecified atom stereocenters. The van der Waals surface area contributed by atoms with Crippen LogP contribution in [0.1, 0.15) is 26.3 Å². The Balaban J connectivity index is 2.73. The van der Waals surface area contributed by atoms with Crippen molar-refractivity contribution in [2.75, 3.05) is 5.32 Å². The monoisotopic (exact) mass is 212 g/mol. The molecule has 0 radical (unpaired) electrons. The molecule has 1 N–H and O–H groups in total. The second kappa shape index (κ2) is 4.65. The van der Waals surface area contributed by atoms with Gasteiger partial charge in [-0.15, -0.1) is 0 Å². The third kappa shape index (κ3) is 2.88. The predicted molar refractivity (Wildman–Crippen MR) is 61.9 cm³/mol. The Kier molecular flexibility index (Phi) is 3.76. The molecular weight excluding hydrogens is 196 g/mol.